The highest BCUT2D eigenvalue weighted by molar-refractivity contribution is 5.90. The van der Waals surface area contributed by atoms with Gasteiger partial charge in [0.25, 0.3) is 5.91 Å². The van der Waals surface area contributed by atoms with Gasteiger partial charge in [0.15, 0.2) is 6.10 Å². The lowest BCUT2D eigenvalue weighted by molar-refractivity contribution is -0.132. The predicted octanol–water partition coefficient (Wildman–Crippen LogP) is 2.77. The fourth-order valence-corrected chi connectivity index (χ4v) is 1.67. The van der Waals surface area contributed by atoms with E-state index in [0.29, 0.717) is 6.42 Å². The van der Waals surface area contributed by atoms with E-state index in [9.17, 15) is 9.59 Å². The van der Waals surface area contributed by atoms with E-state index < -0.39 is 12.1 Å². The monoisotopic (exact) mass is 281 g/mol. The van der Waals surface area contributed by atoms with Gasteiger partial charge in [0.2, 0.25) is 5.76 Å². The zero-order valence-corrected chi connectivity index (χ0v) is 12.7. The first-order valence-electron chi connectivity index (χ1n) is 6.75. The molecule has 0 aliphatic rings. The quantitative estimate of drug-likeness (QED) is 0.843. The van der Waals surface area contributed by atoms with Crippen molar-refractivity contribution >= 4 is 11.9 Å². The van der Waals surface area contributed by atoms with E-state index in [1.54, 1.807) is 6.07 Å². The third-order valence-electron chi connectivity index (χ3n) is 2.45. The molecule has 0 aliphatic carbocycles. The Kier molecular flexibility index (Phi) is 5.36. The molecule has 0 fully saturated rings. The van der Waals surface area contributed by atoms with Gasteiger partial charge in [0.1, 0.15) is 0 Å². The molecular weight excluding hydrogens is 258 g/mol. The van der Waals surface area contributed by atoms with E-state index in [4.69, 9.17) is 9.15 Å². The Bertz CT molecular complexity index is 443. The summed E-state index contributed by atoms with van der Waals surface area (Å²) in [6.45, 7) is 9.58. The van der Waals surface area contributed by atoms with Crippen LogP contribution in [-0.2, 0) is 9.53 Å². The molecule has 0 saturated heterocycles. The Balaban J connectivity index is 2.74. The summed E-state index contributed by atoms with van der Waals surface area (Å²) < 4.78 is 10.2. The molecule has 1 aromatic rings. The number of nitrogens with one attached hydrogen (secondary N) is 1. The Morgan fingerprint density at radius 3 is 2.45 bits per heavy atom. The molecule has 1 heterocycles. The third kappa shape index (κ3) is 5.47. The predicted molar refractivity (Wildman–Crippen MR) is 75.3 cm³/mol. The lowest BCUT2D eigenvalue weighted by Gasteiger charge is -2.25. The van der Waals surface area contributed by atoms with Crippen molar-refractivity contribution in [2.45, 2.75) is 52.7 Å². The summed E-state index contributed by atoms with van der Waals surface area (Å²) in [5.74, 6) is -0.576. The summed E-state index contributed by atoms with van der Waals surface area (Å²) in [4.78, 5) is 24.1. The molecule has 20 heavy (non-hydrogen) atoms. The number of carbonyl (C=O) groups excluding carboxylic acids is 2. The van der Waals surface area contributed by atoms with Crippen LogP contribution >= 0.6 is 0 Å². The summed E-state index contributed by atoms with van der Waals surface area (Å²) in [6.07, 6.45) is 1.05. The van der Waals surface area contributed by atoms with Crippen molar-refractivity contribution in [3.8, 4) is 0 Å². The molecule has 0 aromatic carbocycles. The van der Waals surface area contributed by atoms with Crippen LogP contribution in [0.4, 0.5) is 0 Å². The first-order valence-corrected chi connectivity index (χ1v) is 6.75. The van der Waals surface area contributed by atoms with E-state index in [1.807, 2.05) is 34.6 Å². The molecule has 0 spiro atoms. The lowest BCUT2D eigenvalue weighted by Crippen LogP contribution is -2.47. The Morgan fingerprint density at radius 2 is 2.00 bits per heavy atom. The zero-order valence-electron chi connectivity index (χ0n) is 12.7. The number of esters is 1. The zero-order chi connectivity index (χ0) is 15.3. The van der Waals surface area contributed by atoms with E-state index in [1.165, 1.54) is 12.3 Å². The largest absolute Gasteiger partial charge is 0.457 e. The minimum Gasteiger partial charge on any atom is -0.457 e. The van der Waals surface area contributed by atoms with Crippen LogP contribution < -0.4 is 5.32 Å². The highest BCUT2D eigenvalue weighted by Gasteiger charge is 2.28. The second-order valence-corrected chi connectivity index (χ2v) is 6.24. The molecule has 0 aliphatic heterocycles. The van der Waals surface area contributed by atoms with Crippen LogP contribution in [0.25, 0.3) is 0 Å². The molecule has 5 heteroatoms. The van der Waals surface area contributed by atoms with Crippen LogP contribution in [0.15, 0.2) is 22.8 Å². The number of ether oxygens (including phenoxy) is 1. The smallest absolute Gasteiger partial charge is 0.374 e. The average Bonchev–Trinajstić information content (AvgIpc) is 2.78. The summed E-state index contributed by atoms with van der Waals surface area (Å²) in [6, 6.07) is 3.11. The molecule has 1 atom stereocenters. The van der Waals surface area contributed by atoms with Gasteiger partial charge in [-0.2, -0.15) is 0 Å². The van der Waals surface area contributed by atoms with E-state index in [0.717, 1.165) is 0 Å². The minimum atomic E-state index is -0.813. The number of hydrogen-bond donors (Lipinski definition) is 1. The van der Waals surface area contributed by atoms with E-state index in [-0.39, 0.29) is 23.1 Å². The molecule has 5 nitrogen and oxygen atoms in total. The van der Waals surface area contributed by atoms with Crippen molar-refractivity contribution in [1.82, 2.24) is 5.32 Å². The van der Waals surface area contributed by atoms with Crippen molar-refractivity contribution in [3.05, 3.63) is 24.2 Å². The summed E-state index contributed by atoms with van der Waals surface area (Å²) in [5, 5.41) is 2.83. The number of rotatable bonds is 5. The maximum absolute atomic E-state index is 12.2. The van der Waals surface area contributed by atoms with Gasteiger partial charge in [-0.3, -0.25) is 4.79 Å². The maximum atomic E-state index is 12.2. The van der Waals surface area contributed by atoms with Gasteiger partial charge >= 0.3 is 5.97 Å². The van der Waals surface area contributed by atoms with Crippen molar-refractivity contribution in [2.24, 2.45) is 5.92 Å². The summed E-state index contributed by atoms with van der Waals surface area (Å²) in [5.41, 5.74) is -0.372. The highest BCUT2D eigenvalue weighted by Crippen LogP contribution is 2.13. The van der Waals surface area contributed by atoms with E-state index >= 15 is 0 Å². The first kappa shape index (κ1) is 16.3. The number of carbonyl (C=O) groups is 2. The molecule has 0 saturated carbocycles. The fourth-order valence-electron chi connectivity index (χ4n) is 1.67. The fraction of sp³-hybridized carbons (Fsp3) is 0.600. The third-order valence-corrected chi connectivity index (χ3v) is 2.45. The van der Waals surface area contributed by atoms with Crippen molar-refractivity contribution < 1.29 is 18.7 Å². The molecule has 1 rings (SSSR count). The Labute approximate surface area is 119 Å². The molecule has 1 N–H and O–H groups in total. The van der Waals surface area contributed by atoms with Crippen LogP contribution in [0.1, 0.15) is 51.6 Å². The van der Waals surface area contributed by atoms with Crippen LogP contribution in [0.3, 0.4) is 0 Å². The topological polar surface area (TPSA) is 68.5 Å². The van der Waals surface area contributed by atoms with Gasteiger partial charge in [-0.15, -0.1) is 0 Å². The van der Waals surface area contributed by atoms with Gasteiger partial charge in [0, 0.05) is 5.54 Å². The molecule has 0 radical (unpaired) electrons. The van der Waals surface area contributed by atoms with Gasteiger partial charge in [-0.25, -0.2) is 4.79 Å². The number of amides is 1. The van der Waals surface area contributed by atoms with Gasteiger partial charge in [-0.1, -0.05) is 13.8 Å². The molecular formula is C15H23NO4. The van der Waals surface area contributed by atoms with Crippen LogP contribution in [-0.4, -0.2) is 23.5 Å². The van der Waals surface area contributed by atoms with Crippen LogP contribution in [0.5, 0.6) is 0 Å². The Morgan fingerprint density at radius 1 is 1.35 bits per heavy atom. The molecule has 0 bridgehead atoms. The van der Waals surface area contributed by atoms with Gasteiger partial charge in [-0.05, 0) is 45.2 Å². The summed E-state index contributed by atoms with van der Waals surface area (Å²) >= 11 is 0. The van der Waals surface area contributed by atoms with Crippen molar-refractivity contribution in [1.29, 1.82) is 0 Å². The second-order valence-electron chi connectivity index (χ2n) is 6.24. The SMILES string of the molecule is CC(C)C[C@H](OC(=O)c1ccco1)C(=O)NC(C)(C)C. The van der Waals surface area contributed by atoms with Crippen LogP contribution in [0, 0.1) is 5.92 Å². The molecule has 0 unspecified atom stereocenters. The van der Waals surface area contributed by atoms with Crippen molar-refractivity contribution in [3.63, 3.8) is 0 Å². The standard InChI is InChI=1S/C15H23NO4/c1-10(2)9-12(13(17)16-15(3,4)5)20-14(18)11-7-6-8-19-11/h6-8,10,12H,9H2,1-5H3,(H,16,17)/t12-/m0/s1. The molecule has 1 aromatic heterocycles. The lowest BCUT2D eigenvalue weighted by atomic mass is 10.0. The molecule has 112 valence electrons. The van der Waals surface area contributed by atoms with Crippen LogP contribution in [0.2, 0.25) is 0 Å². The van der Waals surface area contributed by atoms with E-state index in [2.05, 4.69) is 5.32 Å². The molecule has 1 amide bonds. The highest BCUT2D eigenvalue weighted by atomic mass is 16.6. The maximum Gasteiger partial charge on any atom is 0.374 e. The minimum absolute atomic E-state index is 0.0994. The number of hydrogen-bond acceptors (Lipinski definition) is 4. The van der Waals surface area contributed by atoms with Gasteiger partial charge in [0.05, 0.1) is 6.26 Å². The average molecular weight is 281 g/mol. The first-order chi connectivity index (χ1) is 9.19. The van der Waals surface area contributed by atoms with Gasteiger partial charge < -0.3 is 14.5 Å². The van der Waals surface area contributed by atoms with Crippen molar-refractivity contribution in [2.75, 3.05) is 0 Å². The summed E-state index contributed by atoms with van der Waals surface area (Å²) in [7, 11) is 0. The number of furan rings is 1. The normalized spacial score (nSPS) is 13.1. The second kappa shape index (κ2) is 6.59. The Hall–Kier alpha value is -1.78.